The summed E-state index contributed by atoms with van der Waals surface area (Å²) >= 11 is 0. The molecule has 0 amide bonds. The van der Waals surface area contributed by atoms with Crippen LogP contribution in [0.5, 0.6) is 5.75 Å². The Labute approximate surface area is 157 Å². The summed E-state index contributed by atoms with van der Waals surface area (Å²) < 4.78 is 46.5. The molecule has 4 nitrogen and oxygen atoms in total. The van der Waals surface area contributed by atoms with E-state index in [-0.39, 0.29) is 29.3 Å². The number of para-hydroxylation sites is 1. The topological polar surface area (TPSA) is 55.0 Å². The molecular formula is C21H13F3N2O2. The lowest BCUT2D eigenvalue weighted by molar-refractivity contribution is 0.284. The number of ether oxygens (including phenoxy) is 1. The zero-order valence-electron chi connectivity index (χ0n) is 14.4. The van der Waals surface area contributed by atoms with Gasteiger partial charge in [-0.05, 0) is 48.5 Å². The summed E-state index contributed by atoms with van der Waals surface area (Å²) in [6, 6.07) is 13.8. The van der Waals surface area contributed by atoms with Crippen molar-refractivity contribution < 1.29 is 17.9 Å². The van der Waals surface area contributed by atoms with Gasteiger partial charge in [0.15, 0.2) is 11.6 Å². The van der Waals surface area contributed by atoms with E-state index in [1.807, 2.05) is 0 Å². The number of nitrogens with one attached hydrogen (secondary N) is 1. The van der Waals surface area contributed by atoms with E-state index < -0.39 is 17.5 Å². The van der Waals surface area contributed by atoms with Crippen molar-refractivity contribution in [2.75, 3.05) is 0 Å². The van der Waals surface area contributed by atoms with Gasteiger partial charge >= 0.3 is 0 Å². The van der Waals surface area contributed by atoms with Gasteiger partial charge in [-0.2, -0.15) is 0 Å². The van der Waals surface area contributed by atoms with E-state index >= 15 is 0 Å². The van der Waals surface area contributed by atoms with Crippen LogP contribution in [0.2, 0.25) is 0 Å². The number of aromatic amines is 1. The van der Waals surface area contributed by atoms with Crippen molar-refractivity contribution in [3.8, 4) is 17.1 Å². The lowest BCUT2D eigenvalue weighted by atomic mass is 10.1. The molecule has 0 bridgehead atoms. The summed E-state index contributed by atoms with van der Waals surface area (Å²) in [5.74, 6) is -1.88. The first-order valence-corrected chi connectivity index (χ1v) is 8.37. The molecule has 4 aromatic rings. The van der Waals surface area contributed by atoms with E-state index in [0.717, 1.165) is 24.3 Å². The summed E-state index contributed by atoms with van der Waals surface area (Å²) in [6.45, 7) is -0.328. The smallest absolute Gasteiger partial charge is 0.259 e. The maximum Gasteiger partial charge on any atom is 0.259 e. The largest absolute Gasteiger partial charge is 0.486 e. The molecule has 0 atom stereocenters. The number of hydrogen-bond acceptors (Lipinski definition) is 3. The quantitative estimate of drug-likeness (QED) is 0.562. The lowest BCUT2D eigenvalue weighted by Crippen LogP contribution is -2.09. The van der Waals surface area contributed by atoms with Crippen LogP contribution in [-0.4, -0.2) is 9.97 Å². The fraction of sp³-hybridized carbons (Fsp3) is 0.0476. The van der Waals surface area contributed by atoms with E-state index in [4.69, 9.17) is 4.74 Å². The van der Waals surface area contributed by atoms with Crippen LogP contribution in [0.1, 0.15) is 5.56 Å². The second-order valence-electron chi connectivity index (χ2n) is 6.10. The van der Waals surface area contributed by atoms with Crippen LogP contribution in [-0.2, 0) is 6.61 Å². The van der Waals surface area contributed by atoms with Crippen molar-refractivity contribution in [1.82, 2.24) is 9.97 Å². The van der Waals surface area contributed by atoms with Gasteiger partial charge in [0.25, 0.3) is 5.56 Å². The monoisotopic (exact) mass is 382 g/mol. The maximum atomic E-state index is 14.4. The second-order valence-corrected chi connectivity index (χ2v) is 6.10. The van der Waals surface area contributed by atoms with Crippen molar-refractivity contribution in [2.45, 2.75) is 6.61 Å². The predicted octanol–water partition coefficient (Wildman–Crippen LogP) is 4.59. The van der Waals surface area contributed by atoms with Crippen molar-refractivity contribution in [1.29, 1.82) is 0 Å². The van der Waals surface area contributed by atoms with Gasteiger partial charge in [0.2, 0.25) is 0 Å². The van der Waals surface area contributed by atoms with Crippen LogP contribution in [0.3, 0.4) is 0 Å². The van der Waals surface area contributed by atoms with Gasteiger partial charge in [-0.25, -0.2) is 18.2 Å². The third-order valence-corrected chi connectivity index (χ3v) is 4.21. The molecule has 0 radical (unpaired) electrons. The van der Waals surface area contributed by atoms with Crippen LogP contribution in [0.25, 0.3) is 22.3 Å². The Hall–Kier alpha value is -3.61. The molecule has 1 N–H and O–H groups in total. The first-order valence-electron chi connectivity index (χ1n) is 8.37. The summed E-state index contributed by atoms with van der Waals surface area (Å²) in [6.07, 6.45) is 0. The number of benzene rings is 3. The number of nitrogens with zero attached hydrogens (tertiary/aromatic N) is 1. The fourth-order valence-corrected chi connectivity index (χ4v) is 2.80. The SMILES string of the molecule is O=c1[nH]c(-c2ccc(OCc3cc(F)ccc3F)c(F)c2)nc2ccccc12. The fourth-order valence-electron chi connectivity index (χ4n) is 2.80. The van der Waals surface area contributed by atoms with E-state index in [1.165, 1.54) is 12.1 Å². The van der Waals surface area contributed by atoms with Crippen LogP contribution in [0.15, 0.2) is 65.5 Å². The Balaban J connectivity index is 1.61. The zero-order chi connectivity index (χ0) is 19.7. The molecule has 3 aromatic carbocycles. The summed E-state index contributed by atoms with van der Waals surface area (Å²) in [4.78, 5) is 19.1. The molecule has 0 spiro atoms. The molecular weight excluding hydrogens is 369 g/mol. The molecule has 0 unspecified atom stereocenters. The minimum Gasteiger partial charge on any atom is -0.486 e. The van der Waals surface area contributed by atoms with Gasteiger partial charge in [0.05, 0.1) is 10.9 Å². The molecule has 1 heterocycles. The Morgan fingerprint density at radius 2 is 1.75 bits per heavy atom. The first kappa shape index (κ1) is 17.8. The molecule has 4 rings (SSSR count). The van der Waals surface area contributed by atoms with Crippen LogP contribution >= 0.6 is 0 Å². The Kier molecular flexibility index (Phi) is 4.57. The molecule has 0 aliphatic rings. The maximum absolute atomic E-state index is 14.4. The van der Waals surface area contributed by atoms with E-state index in [9.17, 15) is 18.0 Å². The number of hydrogen-bond donors (Lipinski definition) is 1. The highest BCUT2D eigenvalue weighted by molar-refractivity contribution is 5.79. The number of halogens is 3. The average molecular weight is 382 g/mol. The van der Waals surface area contributed by atoms with Crippen LogP contribution < -0.4 is 10.3 Å². The van der Waals surface area contributed by atoms with Gasteiger partial charge < -0.3 is 9.72 Å². The first-order chi connectivity index (χ1) is 13.5. The van der Waals surface area contributed by atoms with Crippen molar-refractivity contribution in [3.63, 3.8) is 0 Å². The average Bonchev–Trinajstić information content (AvgIpc) is 2.69. The number of fused-ring (bicyclic) bond motifs is 1. The summed E-state index contributed by atoms with van der Waals surface area (Å²) in [7, 11) is 0. The van der Waals surface area contributed by atoms with Gasteiger partial charge in [0, 0.05) is 11.1 Å². The third-order valence-electron chi connectivity index (χ3n) is 4.21. The Morgan fingerprint density at radius 1 is 0.929 bits per heavy atom. The molecule has 0 saturated carbocycles. The molecule has 140 valence electrons. The lowest BCUT2D eigenvalue weighted by Gasteiger charge is -2.10. The van der Waals surface area contributed by atoms with Crippen LogP contribution in [0.4, 0.5) is 13.2 Å². The predicted molar refractivity (Wildman–Crippen MR) is 98.4 cm³/mol. The summed E-state index contributed by atoms with van der Waals surface area (Å²) in [5.41, 5.74) is 0.486. The molecule has 0 aliphatic heterocycles. The minimum absolute atomic E-state index is 0.0241. The Bertz CT molecular complexity index is 1240. The van der Waals surface area contributed by atoms with Crippen molar-refractivity contribution in [2.24, 2.45) is 0 Å². The molecule has 1 aromatic heterocycles. The minimum atomic E-state index is -0.717. The highest BCUT2D eigenvalue weighted by Crippen LogP contribution is 2.25. The van der Waals surface area contributed by atoms with Crippen LogP contribution in [0, 0.1) is 17.5 Å². The standard InChI is InChI=1S/C21H13F3N2O2/c22-14-6-7-16(23)13(9-14)11-28-19-8-5-12(10-17(19)24)20-25-18-4-2-1-3-15(18)21(27)26-20/h1-10H,11H2,(H,25,26,27). The number of aromatic nitrogens is 2. The van der Waals surface area contributed by atoms with E-state index in [1.54, 1.807) is 24.3 Å². The normalized spacial score (nSPS) is 11.0. The van der Waals surface area contributed by atoms with E-state index in [2.05, 4.69) is 9.97 Å². The van der Waals surface area contributed by atoms with Gasteiger partial charge in [0.1, 0.15) is 24.1 Å². The zero-order valence-corrected chi connectivity index (χ0v) is 14.4. The second kappa shape index (κ2) is 7.19. The molecule has 28 heavy (non-hydrogen) atoms. The number of rotatable bonds is 4. The van der Waals surface area contributed by atoms with Gasteiger partial charge in [-0.3, -0.25) is 4.79 Å². The Morgan fingerprint density at radius 3 is 2.57 bits per heavy atom. The van der Waals surface area contributed by atoms with E-state index in [0.29, 0.717) is 16.5 Å². The van der Waals surface area contributed by atoms with Gasteiger partial charge in [-0.1, -0.05) is 12.1 Å². The molecule has 7 heteroatoms. The highest BCUT2D eigenvalue weighted by atomic mass is 19.1. The summed E-state index contributed by atoms with van der Waals surface area (Å²) in [5, 5.41) is 0.434. The molecule has 0 fully saturated rings. The highest BCUT2D eigenvalue weighted by Gasteiger charge is 2.11. The third kappa shape index (κ3) is 3.46. The van der Waals surface area contributed by atoms with Crippen molar-refractivity contribution in [3.05, 3.63) is 94.0 Å². The molecule has 0 saturated heterocycles. The number of H-pyrrole nitrogens is 1. The van der Waals surface area contributed by atoms with Crippen molar-refractivity contribution >= 4 is 10.9 Å². The van der Waals surface area contributed by atoms with Gasteiger partial charge in [-0.15, -0.1) is 0 Å². The molecule has 0 aliphatic carbocycles.